The van der Waals surface area contributed by atoms with E-state index in [4.69, 9.17) is 4.74 Å². The van der Waals surface area contributed by atoms with E-state index in [1.165, 1.54) is 0 Å². The summed E-state index contributed by atoms with van der Waals surface area (Å²) in [5, 5.41) is 0. The lowest BCUT2D eigenvalue weighted by atomic mass is 10.0. The van der Waals surface area contributed by atoms with Crippen molar-refractivity contribution in [3.63, 3.8) is 0 Å². The van der Waals surface area contributed by atoms with Crippen LogP contribution in [-0.4, -0.2) is 44.3 Å². The Bertz CT molecular complexity index is 501. The SMILES string of the molecule is CCS(=O)(=O)N1CC[C@@H](OC)[C@@H]1Cc1ccccc1. The van der Waals surface area contributed by atoms with E-state index in [1.807, 2.05) is 30.3 Å². The van der Waals surface area contributed by atoms with Crippen LogP contribution in [0.2, 0.25) is 0 Å². The zero-order chi connectivity index (χ0) is 13.9. The molecule has 0 spiro atoms. The molecule has 0 N–H and O–H groups in total. The third-order valence-corrected chi connectivity index (χ3v) is 5.64. The van der Waals surface area contributed by atoms with Gasteiger partial charge in [0.15, 0.2) is 0 Å². The van der Waals surface area contributed by atoms with Gasteiger partial charge in [-0.1, -0.05) is 30.3 Å². The lowest BCUT2D eigenvalue weighted by Crippen LogP contribution is -2.42. The highest BCUT2D eigenvalue weighted by atomic mass is 32.2. The van der Waals surface area contributed by atoms with E-state index in [1.54, 1.807) is 18.3 Å². The normalized spacial score (nSPS) is 24.7. The van der Waals surface area contributed by atoms with Gasteiger partial charge in [0.1, 0.15) is 0 Å². The van der Waals surface area contributed by atoms with Gasteiger partial charge < -0.3 is 4.74 Å². The molecular formula is C14H21NO3S. The fourth-order valence-electron chi connectivity index (χ4n) is 2.67. The predicted molar refractivity (Wildman–Crippen MR) is 75.5 cm³/mol. The monoisotopic (exact) mass is 283 g/mol. The number of nitrogens with zero attached hydrogens (tertiary/aromatic N) is 1. The highest BCUT2D eigenvalue weighted by molar-refractivity contribution is 7.89. The summed E-state index contributed by atoms with van der Waals surface area (Å²) in [6.07, 6.45) is 1.47. The number of sulfonamides is 1. The summed E-state index contributed by atoms with van der Waals surface area (Å²) in [4.78, 5) is 0. The standard InChI is InChI=1S/C14H21NO3S/c1-3-19(16,17)15-10-9-14(18-2)13(15)11-12-7-5-4-6-8-12/h4-8,13-14H,3,9-11H2,1-2H3/t13-,14+/m0/s1. The quantitative estimate of drug-likeness (QED) is 0.826. The molecule has 0 amide bonds. The molecule has 1 heterocycles. The second-order valence-corrected chi connectivity index (χ2v) is 7.04. The van der Waals surface area contributed by atoms with E-state index >= 15 is 0 Å². The van der Waals surface area contributed by atoms with Crippen molar-refractivity contribution in [3.8, 4) is 0 Å². The van der Waals surface area contributed by atoms with E-state index < -0.39 is 10.0 Å². The molecule has 0 aromatic heterocycles. The van der Waals surface area contributed by atoms with Gasteiger partial charge >= 0.3 is 0 Å². The van der Waals surface area contributed by atoms with Gasteiger partial charge in [0.2, 0.25) is 10.0 Å². The van der Waals surface area contributed by atoms with E-state index in [0.29, 0.717) is 13.0 Å². The molecule has 19 heavy (non-hydrogen) atoms. The highest BCUT2D eigenvalue weighted by Gasteiger charge is 2.40. The van der Waals surface area contributed by atoms with E-state index in [0.717, 1.165) is 12.0 Å². The maximum absolute atomic E-state index is 12.1. The van der Waals surface area contributed by atoms with Crippen molar-refractivity contribution in [2.45, 2.75) is 31.9 Å². The molecule has 2 atom stereocenters. The Kier molecular flexibility index (Phi) is 4.60. The van der Waals surface area contributed by atoms with Gasteiger partial charge in [0.25, 0.3) is 0 Å². The number of methoxy groups -OCH3 is 1. The second-order valence-electron chi connectivity index (χ2n) is 4.83. The van der Waals surface area contributed by atoms with Gasteiger partial charge in [-0.25, -0.2) is 8.42 Å². The Balaban J connectivity index is 2.22. The van der Waals surface area contributed by atoms with Gasteiger partial charge in [-0.2, -0.15) is 4.31 Å². The fraction of sp³-hybridized carbons (Fsp3) is 0.571. The van der Waals surface area contributed by atoms with Crippen LogP contribution in [-0.2, 0) is 21.2 Å². The molecule has 106 valence electrons. The van der Waals surface area contributed by atoms with Crippen LogP contribution < -0.4 is 0 Å². The van der Waals surface area contributed by atoms with Crippen molar-refractivity contribution in [2.24, 2.45) is 0 Å². The third-order valence-electron chi connectivity index (χ3n) is 3.75. The van der Waals surface area contributed by atoms with E-state index in [2.05, 4.69) is 0 Å². The first-order valence-electron chi connectivity index (χ1n) is 6.64. The molecule has 5 heteroatoms. The van der Waals surface area contributed by atoms with Gasteiger partial charge in [-0.05, 0) is 25.3 Å². The summed E-state index contributed by atoms with van der Waals surface area (Å²) in [5.41, 5.74) is 1.15. The number of rotatable bonds is 5. The molecular weight excluding hydrogens is 262 g/mol. The molecule has 0 saturated carbocycles. The van der Waals surface area contributed by atoms with E-state index in [9.17, 15) is 8.42 Å². The topological polar surface area (TPSA) is 46.6 Å². The molecule has 1 fully saturated rings. The first kappa shape index (κ1) is 14.5. The molecule has 4 nitrogen and oxygen atoms in total. The number of benzene rings is 1. The number of ether oxygens (including phenoxy) is 1. The molecule has 1 saturated heterocycles. The van der Waals surface area contributed by atoms with Crippen molar-refractivity contribution in [1.82, 2.24) is 4.31 Å². The predicted octanol–water partition coefficient (Wildman–Crippen LogP) is 1.67. The summed E-state index contributed by atoms with van der Waals surface area (Å²) in [6.45, 7) is 2.25. The largest absolute Gasteiger partial charge is 0.380 e. The van der Waals surface area contributed by atoms with Crippen molar-refractivity contribution in [1.29, 1.82) is 0 Å². The number of hydrogen-bond donors (Lipinski definition) is 0. The molecule has 0 unspecified atom stereocenters. The van der Waals surface area contributed by atoms with Crippen molar-refractivity contribution >= 4 is 10.0 Å². The summed E-state index contributed by atoms with van der Waals surface area (Å²) >= 11 is 0. The van der Waals surface area contributed by atoms with Crippen LogP contribution in [0.5, 0.6) is 0 Å². The fourth-order valence-corrected chi connectivity index (χ4v) is 4.01. The van der Waals surface area contributed by atoms with Gasteiger partial charge in [0.05, 0.1) is 17.9 Å². The lowest BCUT2D eigenvalue weighted by molar-refractivity contribution is 0.0810. The van der Waals surface area contributed by atoms with Crippen LogP contribution in [0.25, 0.3) is 0 Å². The Labute approximate surface area is 115 Å². The smallest absolute Gasteiger partial charge is 0.214 e. The first-order valence-corrected chi connectivity index (χ1v) is 8.25. The summed E-state index contributed by atoms with van der Waals surface area (Å²) in [6, 6.07) is 9.89. The van der Waals surface area contributed by atoms with Crippen molar-refractivity contribution in [3.05, 3.63) is 35.9 Å². The Morgan fingerprint density at radius 3 is 2.58 bits per heavy atom. The average molecular weight is 283 g/mol. The molecule has 0 radical (unpaired) electrons. The molecule has 1 aromatic rings. The maximum atomic E-state index is 12.1. The highest BCUT2D eigenvalue weighted by Crippen LogP contribution is 2.26. The van der Waals surface area contributed by atoms with Crippen molar-refractivity contribution in [2.75, 3.05) is 19.4 Å². The van der Waals surface area contributed by atoms with Crippen molar-refractivity contribution < 1.29 is 13.2 Å². The summed E-state index contributed by atoms with van der Waals surface area (Å²) in [7, 11) is -1.50. The van der Waals surface area contributed by atoms with Crippen LogP contribution in [0, 0.1) is 0 Å². The minimum atomic E-state index is -3.16. The van der Waals surface area contributed by atoms with Gasteiger partial charge in [-0.3, -0.25) is 0 Å². The average Bonchev–Trinajstić information content (AvgIpc) is 2.83. The molecule has 0 aliphatic carbocycles. The van der Waals surface area contributed by atoms with Crippen LogP contribution >= 0.6 is 0 Å². The number of hydrogen-bond acceptors (Lipinski definition) is 3. The van der Waals surface area contributed by atoms with Gasteiger partial charge in [-0.15, -0.1) is 0 Å². The zero-order valence-electron chi connectivity index (χ0n) is 11.5. The molecule has 2 rings (SSSR count). The minimum absolute atomic E-state index is 0.0125. The molecule has 1 aliphatic rings. The van der Waals surface area contributed by atoms with E-state index in [-0.39, 0.29) is 17.9 Å². The van der Waals surface area contributed by atoms with Gasteiger partial charge in [0, 0.05) is 13.7 Å². The maximum Gasteiger partial charge on any atom is 0.214 e. The second kappa shape index (κ2) is 6.03. The van der Waals surface area contributed by atoms with Crippen LogP contribution in [0.15, 0.2) is 30.3 Å². The molecule has 1 aliphatic heterocycles. The Morgan fingerprint density at radius 2 is 2.00 bits per heavy atom. The minimum Gasteiger partial charge on any atom is -0.380 e. The summed E-state index contributed by atoms with van der Waals surface area (Å²) < 4.78 is 31.3. The zero-order valence-corrected chi connectivity index (χ0v) is 12.3. The van der Waals surface area contributed by atoms with Crippen LogP contribution in [0.1, 0.15) is 18.9 Å². The third kappa shape index (κ3) is 3.16. The lowest BCUT2D eigenvalue weighted by Gasteiger charge is -2.26. The van der Waals surface area contributed by atoms with Crippen LogP contribution in [0.4, 0.5) is 0 Å². The Morgan fingerprint density at radius 1 is 1.32 bits per heavy atom. The summed E-state index contributed by atoms with van der Waals surface area (Å²) in [5.74, 6) is 0.148. The molecule has 1 aromatic carbocycles. The Hall–Kier alpha value is -0.910. The molecule has 0 bridgehead atoms. The van der Waals surface area contributed by atoms with Crippen LogP contribution in [0.3, 0.4) is 0 Å². The first-order chi connectivity index (χ1) is 9.08.